The van der Waals surface area contributed by atoms with Crippen molar-refractivity contribution >= 4 is 61.1 Å². The number of rotatable bonds is 9. The van der Waals surface area contributed by atoms with Crippen molar-refractivity contribution in [1.29, 1.82) is 0 Å². The van der Waals surface area contributed by atoms with E-state index >= 15 is 0 Å². The lowest BCUT2D eigenvalue weighted by molar-refractivity contribution is -0.141. The van der Waals surface area contributed by atoms with Gasteiger partial charge in [0.05, 0.1) is 27.9 Å². The number of carbonyl (C=O) groups excluding carboxylic acids is 2. The molecular formula is C57H61IO19Si. The minimum Gasteiger partial charge on any atom is -0.508 e. The molecule has 0 aliphatic rings. The summed E-state index contributed by atoms with van der Waals surface area (Å²) in [5.41, 5.74) is 3.24. The monoisotopic (exact) mass is 1200 g/mol. The van der Waals surface area contributed by atoms with Gasteiger partial charge in [0, 0.05) is 71.3 Å². The van der Waals surface area contributed by atoms with Gasteiger partial charge in [0.1, 0.15) is 91.4 Å². The number of phenols is 9. The van der Waals surface area contributed by atoms with Gasteiger partial charge in [0.25, 0.3) is 0 Å². The van der Waals surface area contributed by atoms with Crippen LogP contribution in [-0.2, 0) is 9.53 Å². The van der Waals surface area contributed by atoms with Crippen LogP contribution in [-0.4, -0.2) is 91.2 Å². The minimum atomic E-state index is -0.641. The molecule has 0 bridgehead atoms. The second-order valence-electron chi connectivity index (χ2n) is 18.1. The molecule has 0 aliphatic carbocycles. The summed E-state index contributed by atoms with van der Waals surface area (Å²) >= 11 is 2.52. The van der Waals surface area contributed by atoms with Gasteiger partial charge in [0.15, 0.2) is 39.6 Å². The van der Waals surface area contributed by atoms with E-state index in [2.05, 4.69) is 41.4 Å². The number of hydrogen-bond donors (Lipinski definition) is 9. The smallest absolute Gasteiger partial charge is 0.313 e. The van der Waals surface area contributed by atoms with E-state index in [9.17, 15) is 49.8 Å². The number of phenolic OH excluding ortho intramolecular Hbond substituents is 9. The number of hydrogen-bond acceptors (Lipinski definition) is 19. The van der Waals surface area contributed by atoms with Gasteiger partial charge < -0.3 is 73.7 Å². The highest BCUT2D eigenvalue weighted by Crippen LogP contribution is 2.39. The molecule has 0 fully saturated rings. The van der Waals surface area contributed by atoms with Crippen LogP contribution in [0, 0.1) is 27.7 Å². The number of carbonyl (C=O) groups is 2. The van der Waals surface area contributed by atoms with Crippen molar-refractivity contribution in [2.45, 2.75) is 60.7 Å². The first-order valence-corrected chi connectivity index (χ1v) is 30.1. The molecule has 2 aromatic heterocycles. The van der Waals surface area contributed by atoms with E-state index < -0.39 is 22.4 Å². The molecule has 9 N–H and O–H groups in total. The fraction of sp³-hybridized carbons (Fsp3) is 0.228. The summed E-state index contributed by atoms with van der Waals surface area (Å²) < 4.78 is 31.8. The molecule has 0 saturated heterocycles. The van der Waals surface area contributed by atoms with Crippen LogP contribution in [0.15, 0.2) is 109 Å². The van der Waals surface area contributed by atoms with Crippen LogP contribution in [0.2, 0.25) is 19.6 Å². The molecule has 0 spiro atoms. The van der Waals surface area contributed by atoms with Crippen molar-refractivity contribution in [1.82, 2.24) is 0 Å². The lowest BCUT2D eigenvalue weighted by atomic mass is 10.0. The Morgan fingerprint density at radius 2 is 0.962 bits per heavy atom. The normalized spacial score (nSPS) is 10.6. The number of halogens is 1. The SMILES string of the molecule is CCOC(=O)CC(=O)c1cc(C)c(C)c(OC)c1.COc1cc(-c2cc(=O)c3c(O)cc(O)cc3o2)cc(C)c1OC.C[Si](C)(C)I.Cc1cc(-c2cc(=O)c3c(O)cc(O)cc3o2)cc(O)c1O.Oc1cc(O)cc(O)c1. The van der Waals surface area contributed by atoms with Crippen molar-refractivity contribution in [2.75, 3.05) is 27.9 Å². The maximum Gasteiger partial charge on any atom is 0.313 e. The third-order valence-electron chi connectivity index (χ3n) is 10.8. The molecule has 21 heteroatoms. The molecule has 414 valence electrons. The fourth-order valence-corrected chi connectivity index (χ4v) is 7.22. The average Bonchev–Trinajstić information content (AvgIpc) is 3.34. The fourth-order valence-electron chi connectivity index (χ4n) is 7.22. The topological polar surface area (TPSA) is 314 Å². The lowest BCUT2D eigenvalue weighted by Gasteiger charge is -2.13. The van der Waals surface area contributed by atoms with Gasteiger partial charge in [-0.05, 0) is 93.3 Å². The predicted octanol–water partition coefficient (Wildman–Crippen LogP) is 11.3. The molecule has 78 heavy (non-hydrogen) atoms. The maximum absolute atomic E-state index is 12.3. The molecule has 8 rings (SSSR count). The summed E-state index contributed by atoms with van der Waals surface area (Å²) in [4.78, 5) is 47.6. The van der Waals surface area contributed by atoms with Gasteiger partial charge in [-0.3, -0.25) is 19.2 Å². The zero-order chi connectivity index (χ0) is 58.5. The quantitative estimate of drug-likeness (QED) is 0.0123. The molecule has 6 aromatic carbocycles. The van der Waals surface area contributed by atoms with Crippen molar-refractivity contribution in [3.8, 4) is 91.6 Å². The predicted molar refractivity (Wildman–Crippen MR) is 305 cm³/mol. The van der Waals surface area contributed by atoms with Gasteiger partial charge in [-0.1, -0.05) is 19.6 Å². The van der Waals surface area contributed by atoms with Crippen LogP contribution < -0.4 is 25.1 Å². The third kappa shape index (κ3) is 17.0. The van der Waals surface area contributed by atoms with Crippen LogP contribution in [0.25, 0.3) is 44.6 Å². The number of benzene rings is 6. The Hall–Kier alpha value is -8.57. The highest BCUT2D eigenvalue weighted by atomic mass is 127. The minimum absolute atomic E-state index is 0.0187. The second-order valence-corrected chi connectivity index (χ2v) is 32.0. The molecule has 0 unspecified atom stereocenters. The Morgan fingerprint density at radius 1 is 0.526 bits per heavy atom. The van der Waals surface area contributed by atoms with Crippen molar-refractivity contribution < 1.29 is 83.3 Å². The summed E-state index contributed by atoms with van der Waals surface area (Å²) in [5, 5.41) is 83.9. The van der Waals surface area contributed by atoms with Gasteiger partial charge >= 0.3 is 5.97 Å². The lowest BCUT2D eigenvalue weighted by Crippen LogP contribution is -2.12. The van der Waals surface area contributed by atoms with Gasteiger partial charge in [-0.25, -0.2) is 0 Å². The van der Waals surface area contributed by atoms with Crippen LogP contribution in [0.5, 0.6) is 69.0 Å². The van der Waals surface area contributed by atoms with Crippen molar-refractivity contribution in [3.63, 3.8) is 0 Å². The highest BCUT2D eigenvalue weighted by Gasteiger charge is 2.19. The number of methoxy groups -OCH3 is 3. The number of aryl methyl sites for hydroxylation is 3. The summed E-state index contributed by atoms with van der Waals surface area (Å²) in [5.74, 6) is -0.716. The summed E-state index contributed by atoms with van der Waals surface area (Å²) in [6, 6.07) is 20.2. The number of ether oxygens (including phenoxy) is 4. The van der Waals surface area contributed by atoms with Gasteiger partial charge in [0.2, 0.25) is 0 Å². The van der Waals surface area contributed by atoms with Crippen LogP contribution >= 0.6 is 21.8 Å². The van der Waals surface area contributed by atoms with E-state index in [0.717, 1.165) is 47.0 Å². The average molecular weight is 1210 g/mol. The maximum atomic E-state index is 12.3. The first-order chi connectivity index (χ1) is 36.5. The summed E-state index contributed by atoms with van der Waals surface area (Å²) in [6.07, 6.45) is -0.237. The highest BCUT2D eigenvalue weighted by molar-refractivity contribution is 14.1. The molecule has 8 aromatic rings. The van der Waals surface area contributed by atoms with E-state index in [1.54, 1.807) is 58.4 Å². The molecule has 0 aliphatic heterocycles. The number of ketones is 1. The van der Waals surface area contributed by atoms with Crippen LogP contribution in [0.1, 0.15) is 46.0 Å². The number of Topliss-reactive ketones (excluding diaryl/α,β-unsaturated/α-hetero) is 1. The van der Waals surface area contributed by atoms with Crippen molar-refractivity contribution in [2.24, 2.45) is 0 Å². The third-order valence-corrected chi connectivity index (χ3v) is 10.8. The molecule has 0 amide bonds. The van der Waals surface area contributed by atoms with E-state index in [-0.39, 0.29) is 98.3 Å². The van der Waals surface area contributed by atoms with Gasteiger partial charge in [-0.15, -0.1) is 21.8 Å². The van der Waals surface area contributed by atoms with Crippen LogP contribution in [0.4, 0.5) is 0 Å². The first-order valence-electron chi connectivity index (χ1n) is 23.5. The van der Waals surface area contributed by atoms with E-state index in [1.165, 1.54) is 37.4 Å². The van der Waals surface area contributed by atoms with E-state index in [4.69, 9.17) is 43.1 Å². The Bertz CT molecular complexity index is 3520. The van der Waals surface area contributed by atoms with E-state index in [1.807, 2.05) is 20.8 Å². The first kappa shape index (κ1) is 62.0. The second kappa shape index (κ2) is 27.0. The Balaban J connectivity index is 0.000000226. The molecule has 19 nitrogen and oxygen atoms in total. The number of fused-ring (bicyclic) bond motifs is 2. The van der Waals surface area contributed by atoms with Crippen molar-refractivity contribution in [3.05, 3.63) is 139 Å². The Morgan fingerprint density at radius 3 is 1.38 bits per heavy atom. The zero-order valence-corrected chi connectivity index (χ0v) is 47.7. The molecular weight excluding hydrogens is 1140 g/mol. The zero-order valence-electron chi connectivity index (χ0n) is 44.6. The standard InChI is InChI=1S/C18H16O6.C16H12O6.C14H18O4.C6H6O3.C3H9ISi/c1-9-4-10(5-16(22-2)18(9)23-3)14-8-13(21)17-12(20)6-11(19)7-15(17)24-14;1-7-2-8(3-12(20)16(7)21)13-6-11(19)15-10(18)4-9(17)5-14(15)22-13;1-5-18-14(16)8-12(15)11-6-9(2)10(3)13(7-11)17-4;7-4-1-5(8)3-6(9)2-4;1-5(2,3)4/h4-8,19-20H,1-3H3;2-6,17-18,20-21H,1H3;6-7H,5,8H2,1-4H3;1-3,7-9H;1-3H3. The molecule has 0 atom stereocenters. The molecule has 0 radical (unpaired) electrons. The Kier molecular flexibility index (Phi) is 21.4. The molecule has 0 saturated carbocycles. The number of esters is 1. The Labute approximate surface area is 461 Å². The summed E-state index contributed by atoms with van der Waals surface area (Å²) in [6.45, 7) is 16.2. The van der Waals surface area contributed by atoms with E-state index in [0.29, 0.717) is 45.3 Å². The van der Waals surface area contributed by atoms with Gasteiger partial charge in [-0.2, -0.15) is 0 Å². The number of aromatic hydroxyl groups is 9. The largest absolute Gasteiger partial charge is 0.508 e. The summed E-state index contributed by atoms with van der Waals surface area (Å²) in [7, 11) is 4.63. The molecule has 2 heterocycles. The van der Waals surface area contributed by atoms with Crippen LogP contribution in [0.3, 0.4) is 0 Å².